The van der Waals surface area contributed by atoms with Gasteiger partial charge in [0.1, 0.15) is 11.5 Å². The molecule has 0 atom stereocenters. The summed E-state index contributed by atoms with van der Waals surface area (Å²) in [6.45, 7) is 3.95. The molecular weight excluding hydrogens is 447 g/mol. The van der Waals surface area contributed by atoms with Crippen LogP contribution in [0.1, 0.15) is 11.3 Å². The monoisotopic (exact) mass is 461 g/mol. The van der Waals surface area contributed by atoms with E-state index < -0.39 is 11.7 Å². The number of furan rings is 1. The number of hydrogen-bond acceptors (Lipinski definition) is 6. The Balaban J connectivity index is 1.62. The van der Waals surface area contributed by atoms with E-state index in [4.69, 9.17) is 4.42 Å². The molecule has 0 radical (unpaired) electrons. The zero-order chi connectivity index (χ0) is 22.0. The molecule has 1 aromatic carbocycles. The smallest absolute Gasteiger partial charge is 0.416 e. The second-order valence-electron chi connectivity index (χ2n) is 6.30. The van der Waals surface area contributed by atoms with Gasteiger partial charge in [-0.3, -0.25) is 9.69 Å². The van der Waals surface area contributed by atoms with Crippen LogP contribution in [0.3, 0.4) is 0 Å². The number of carbonyl (C=O) groups is 1. The molecule has 10 heteroatoms. The lowest BCUT2D eigenvalue weighted by molar-refractivity contribution is -0.137. The van der Waals surface area contributed by atoms with Gasteiger partial charge in [-0.25, -0.2) is 4.98 Å². The normalized spacial score (nSPS) is 17.1. The quantitative estimate of drug-likeness (QED) is 0.335. The molecule has 4 rings (SSSR count). The second-order valence-corrected chi connectivity index (χ2v) is 8.19. The summed E-state index contributed by atoms with van der Waals surface area (Å²) in [6.07, 6.45) is 0.322. The van der Waals surface area contributed by atoms with Gasteiger partial charge in [0.05, 0.1) is 10.5 Å². The van der Waals surface area contributed by atoms with Crippen LogP contribution in [0.25, 0.3) is 17.4 Å². The average Bonchev–Trinajstić information content (AvgIpc) is 3.47. The summed E-state index contributed by atoms with van der Waals surface area (Å²) in [4.78, 5) is 23.2. The molecule has 1 amide bonds. The van der Waals surface area contributed by atoms with Crippen LogP contribution >= 0.6 is 23.1 Å². The molecule has 0 unspecified atom stereocenters. The molecule has 0 bridgehead atoms. The number of benzene rings is 1. The molecule has 0 spiro atoms. The first-order chi connectivity index (χ1) is 14.8. The Kier molecular flexibility index (Phi) is 5.84. The van der Waals surface area contributed by atoms with Crippen molar-refractivity contribution < 1.29 is 22.4 Å². The molecule has 31 heavy (non-hydrogen) atoms. The minimum Gasteiger partial charge on any atom is -0.457 e. The van der Waals surface area contributed by atoms with Crippen LogP contribution in [0.5, 0.6) is 0 Å². The van der Waals surface area contributed by atoms with Crippen LogP contribution in [0.2, 0.25) is 0 Å². The van der Waals surface area contributed by atoms with Crippen molar-refractivity contribution in [1.29, 1.82) is 0 Å². The number of nitrogens with zero attached hydrogens (tertiary/aromatic N) is 3. The van der Waals surface area contributed by atoms with E-state index >= 15 is 0 Å². The van der Waals surface area contributed by atoms with Crippen molar-refractivity contribution in [2.45, 2.75) is 6.18 Å². The van der Waals surface area contributed by atoms with Crippen LogP contribution < -0.4 is 0 Å². The number of thiazole rings is 1. The molecule has 0 N–H and O–H groups in total. The number of rotatable bonds is 5. The number of amides is 1. The third kappa shape index (κ3) is 4.64. The maximum atomic E-state index is 13.0. The lowest BCUT2D eigenvalue weighted by atomic mass is 10.1. The van der Waals surface area contributed by atoms with Crippen LogP contribution in [-0.2, 0) is 11.0 Å². The van der Waals surface area contributed by atoms with Gasteiger partial charge in [-0.2, -0.15) is 18.2 Å². The molecule has 1 aliphatic heterocycles. The van der Waals surface area contributed by atoms with Crippen molar-refractivity contribution in [2.24, 2.45) is 4.99 Å². The Bertz CT molecular complexity index is 1180. The van der Waals surface area contributed by atoms with Gasteiger partial charge in [0.2, 0.25) is 5.13 Å². The van der Waals surface area contributed by atoms with Gasteiger partial charge in [-0.15, -0.1) is 17.9 Å². The number of alkyl halides is 3. The zero-order valence-corrected chi connectivity index (χ0v) is 17.4. The predicted octanol–water partition coefficient (Wildman–Crippen LogP) is 6.21. The molecule has 3 heterocycles. The lowest BCUT2D eigenvalue weighted by Crippen LogP contribution is -2.29. The number of thioether (sulfide) groups is 1. The first-order valence-corrected chi connectivity index (χ1v) is 10.6. The van der Waals surface area contributed by atoms with Gasteiger partial charge in [-0.1, -0.05) is 18.2 Å². The first kappa shape index (κ1) is 21.1. The van der Waals surface area contributed by atoms with Crippen molar-refractivity contribution in [2.75, 3.05) is 6.54 Å². The Hall–Kier alpha value is -3.11. The zero-order valence-electron chi connectivity index (χ0n) is 15.8. The molecule has 1 aliphatic rings. The third-order valence-electron chi connectivity index (χ3n) is 4.18. The number of carbonyl (C=O) groups excluding carboxylic acids is 1. The predicted molar refractivity (Wildman–Crippen MR) is 116 cm³/mol. The van der Waals surface area contributed by atoms with Crippen molar-refractivity contribution in [3.8, 4) is 11.3 Å². The van der Waals surface area contributed by atoms with Gasteiger partial charge >= 0.3 is 6.18 Å². The molecule has 3 aromatic rings. The Morgan fingerprint density at radius 2 is 2.10 bits per heavy atom. The SMILES string of the molecule is C=CCN1C(=O)C(=Cc2ccc(-c3cccc(C(F)(F)F)c3)o2)SC1=Nc1nccs1. The molecule has 158 valence electrons. The summed E-state index contributed by atoms with van der Waals surface area (Å²) >= 11 is 2.51. The van der Waals surface area contributed by atoms with E-state index in [0.717, 1.165) is 12.1 Å². The number of aromatic nitrogens is 1. The summed E-state index contributed by atoms with van der Waals surface area (Å²) in [6, 6.07) is 8.05. The Morgan fingerprint density at radius 1 is 1.26 bits per heavy atom. The highest BCUT2D eigenvalue weighted by atomic mass is 32.2. The minimum atomic E-state index is -4.44. The second kappa shape index (κ2) is 8.56. The van der Waals surface area contributed by atoms with E-state index in [0.29, 0.717) is 26.5 Å². The summed E-state index contributed by atoms with van der Waals surface area (Å²) in [5, 5.41) is 2.78. The van der Waals surface area contributed by atoms with Gasteiger partial charge in [0, 0.05) is 29.8 Å². The van der Waals surface area contributed by atoms with E-state index in [-0.39, 0.29) is 18.2 Å². The van der Waals surface area contributed by atoms with Gasteiger partial charge in [0.25, 0.3) is 5.91 Å². The molecule has 1 saturated heterocycles. The van der Waals surface area contributed by atoms with Crippen molar-refractivity contribution >= 4 is 45.4 Å². The lowest BCUT2D eigenvalue weighted by Gasteiger charge is -2.11. The van der Waals surface area contributed by atoms with E-state index in [1.54, 1.807) is 35.9 Å². The van der Waals surface area contributed by atoms with Gasteiger partial charge in [0.15, 0.2) is 5.17 Å². The van der Waals surface area contributed by atoms with Gasteiger partial charge < -0.3 is 4.42 Å². The Labute approximate surface area is 183 Å². The summed E-state index contributed by atoms with van der Waals surface area (Å²) in [5.41, 5.74) is -0.463. The summed E-state index contributed by atoms with van der Waals surface area (Å²) in [5.74, 6) is 0.350. The molecule has 2 aromatic heterocycles. The molecular formula is C21H14F3N3O2S2. The molecule has 1 fully saturated rings. The highest BCUT2D eigenvalue weighted by molar-refractivity contribution is 8.18. The first-order valence-electron chi connectivity index (χ1n) is 8.93. The number of aliphatic imine (C=N–C) groups is 1. The number of hydrogen-bond donors (Lipinski definition) is 0. The van der Waals surface area contributed by atoms with Gasteiger partial charge in [-0.05, 0) is 36.0 Å². The van der Waals surface area contributed by atoms with E-state index in [1.807, 2.05) is 0 Å². The van der Waals surface area contributed by atoms with Crippen LogP contribution in [0.15, 0.2) is 74.9 Å². The van der Waals surface area contributed by atoms with Crippen molar-refractivity contribution in [1.82, 2.24) is 9.88 Å². The Morgan fingerprint density at radius 3 is 2.81 bits per heavy atom. The fourth-order valence-corrected chi connectivity index (χ4v) is 4.33. The highest BCUT2D eigenvalue weighted by Gasteiger charge is 2.33. The van der Waals surface area contributed by atoms with E-state index in [1.165, 1.54) is 40.1 Å². The minimum absolute atomic E-state index is 0.266. The third-order valence-corrected chi connectivity index (χ3v) is 5.86. The average molecular weight is 461 g/mol. The number of halogens is 3. The summed E-state index contributed by atoms with van der Waals surface area (Å²) < 4.78 is 44.6. The fraction of sp³-hybridized carbons (Fsp3) is 0.0952. The van der Waals surface area contributed by atoms with Crippen LogP contribution in [-0.4, -0.2) is 27.5 Å². The van der Waals surface area contributed by atoms with E-state index in [9.17, 15) is 18.0 Å². The molecule has 5 nitrogen and oxygen atoms in total. The van der Waals surface area contributed by atoms with Crippen molar-refractivity contribution in [3.05, 3.63) is 76.9 Å². The molecule has 0 aliphatic carbocycles. The van der Waals surface area contributed by atoms with Crippen molar-refractivity contribution in [3.63, 3.8) is 0 Å². The number of amidine groups is 1. The molecule has 0 saturated carbocycles. The summed E-state index contributed by atoms with van der Waals surface area (Å²) in [7, 11) is 0. The topological polar surface area (TPSA) is 58.7 Å². The van der Waals surface area contributed by atoms with Crippen LogP contribution in [0.4, 0.5) is 18.3 Å². The largest absolute Gasteiger partial charge is 0.457 e. The fourth-order valence-electron chi connectivity index (χ4n) is 2.80. The van der Waals surface area contributed by atoms with Crippen LogP contribution in [0, 0.1) is 0 Å². The van der Waals surface area contributed by atoms with E-state index in [2.05, 4.69) is 16.6 Å². The maximum absolute atomic E-state index is 13.0. The standard InChI is InChI=1S/C21H14F3N3O2S2/c1-2-9-27-18(28)17(31-20(27)26-19-25-8-10-30-19)12-15-6-7-16(29-15)13-4-3-5-14(11-13)21(22,23)24/h2-8,10-12H,1,9H2. The maximum Gasteiger partial charge on any atom is 0.416 e. The highest BCUT2D eigenvalue weighted by Crippen LogP contribution is 2.36.